The number of carboxylic acids is 1. The number of carbonyl (C=O) groups is 2. The maximum atomic E-state index is 12.8. The lowest BCUT2D eigenvalue weighted by molar-refractivity contribution is -0.140. The second-order valence-electron chi connectivity index (χ2n) is 4.72. The van der Waals surface area contributed by atoms with Crippen LogP contribution in [0.4, 0.5) is 13.2 Å². The highest BCUT2D eigenvalue weighted by Gasteiger charge is 2.36. The van der Waals surface area contributed by atoms with E-state index in [4.69, 9.17) is 5.11 Å². The minimum absolute atomic E-state index is 0.399. The molecule has 0 heterocycles. The SMILES string of the molecule is CCC(C)C(NC(=O)c1ccccc1C(F)(F)F)C(=O)O. The molecule has 1 aromatic carbocycles. The van der Waals surface area contributed by atoms with Crippen LogP contribution in [0.25, 0.3) is 0 Å². The molecule has 1 amide bonds. The lowest BCUT2D eigenvalue weighted by atomic mass is 9.98. The molecule has 0 aromatic heterocycles. The highest BCUT2D eigenvalue weighted by molar-refractivity contribution is 5.98. The number of rotatable bonds is 5. The predicted molar refractivity (Wildman–Crippen MR) is 69.8 cm³/mol. The first kappa shape index (κ1) is 17.0. The number of hydrogen-bond donors (Lipinski definition) is 2. The number of benzene rings is 1. The van der Waals surface area contributed by atoms with Crippen molar-refractivity contribution in [2.45, 2.75) is 32.5 Å². The Morgan fingerprint density at radius 1 is 1.29 bits per heavy atom. The van der Waals surface area contributed by atoms with Crippen LogP contribution in [0.15, 0.2) is 24.3 Å². The Balaban J connectivity index is 3.07. The largest absolute Gasteiger partial charge is 0.480 e. The molecule has 116 valence electrons. The van der Waals surface area contributed by atoms with Crippen molar-refractivity contribution in [3.05, 3.63) is 35.4 Å². The zero-order chi connectivity index (χ0) is 16.2. The van der Waals surface area contributed by atoms with Crippen LogP contribution in [0, 0.1) is 5.92 Å². The minimum atomic E-state index is -4.68. The summed E-state index contributed by atoms with van der Waals surface area (Å²) in [5.41, 5.74) is -1.67. The van der Waals surface area contributed by atoms with Crippen molar-refractivity contribution in [3.63, 3.8) is 0 Å². The molecule has 1 rings (SSSR count). The Morgan fingerprint density at radius 3 is 2.33 bits per heavy atom. The number of aliphatic carboxylic acids is 1. The van der Waals surface area contributed by atoms with Gasteiger partial charge >= 0.3 is 12.1 Å². The van der Waals surface area contributed by atoms with E-state index in [1.165, 1.54) is 12.1 Å². The second-order valence-corrected chi connectivity index (χ2v) is 4.72. The number of carbonyl (C=O) groups excluding carboxylic acids is 1. The van der Waals surface area contributed by atoms with E-state index in [0.717, 1.165) is 12.1 Å². The zero-order valence-electron chi connectivity index (χ0n) is 11.6. The number of nitrogens with one attached hydrogen (secondary N) is 1. The van der Waals surface area contributed by atoms with Gasteiger partial charge in [0.05, 0.1) is 11.1 Å². The Bertz CT molecular complexity index is 528. The molecule has 2 atom stereocenters. The van der Waals surface area contributed by atoms with Crippen LogP contribution in [0.1, 0.15) is 36.2 Å². The summed E-state index contributed by atoms with van der Waals surface area (Å²) < 4.78 is 38.5. The number of amides is 1. The summed E-state index contributed by atoms with van der Waals surface area (Å²) >= 11 is 0. The van der Waals surface area contributed by atoms with Gasteiger partial charge < -0.3 is 10.4 Å². The van der Waals surface area contributed by atoms with Crippen LogP contribution in [-0.4, -0.2) is 23.0 Å². The van der Waals surface area contributed by atoms with Crippen LogP contribution < -0.4 is 5.32 Å². The van der Waals surface area contributed by atoms with Crippen molar-refractivity contribution in [1.29, 1.82) is 0 Å². The van der Waals surface area contributed by atoms with Gasteiger partial charge in [0.25, 0.3) is 5.91 Å². The molecule has 0 spiro atoms. The molecular weight excluding hydrogens is 287 g/mol. The average molecular weight is 303 g/mol. The quantitative estimate of drug-likeness (QED) is 0.879. The number of hydrogen-bond acceptors (Lipinski definition) is 2. The minimum Gasteiger partial charge on any atom is -0.480 e. The maximum absolute atomic E-state index is 12.8. The second kappa shape index (κ2) is 6.60. The lowest BCUT2D eigenvalue weighted by Crippen LogP contribution is -2.45. The smallest absolute Gasteiger partial charge is 0.417 e. The van der Waals surface area contributed by atoms with E-state index in [-0.39, 0.29) is 0 Å². The van der Waals surface area contributed by atoms with Crippen LogP contribution in [0.5, 0.6) is 0 Å². The predicted octanol–water partition coefficient (Wildman–Crippen LogP) is 2.93. The summed E-state index contributed by atoms with van der Waals surface area (Å²) in [6.07, 6.45) is -4.21. The van der Waals surface area contributed by atoms with E-state index in [0.29, 0.717) is 6.42 Å². The molecule has 0 saturated heterocycles. The van der Waals surface area contributed by atoms with E-state index >= 15 is 0 Å². The van der Waals surface area contributed by atoms with Crippen molar-refractivity contribution < 1.29 is 27.9 Å². The van der Waals surface area contributed by atoms with Crippen LogP contribution in [0.2, 0.25) is 0 Å². The normalized spacial score (nSPS) is 14.3. The first-order valence-corrected chi connectivity index (χ1v) is 6.38. The van der Waals surface area contributed by atoms with E-state index < -0.39 is 41.1 Å². The van der Waals surface area contributed by atoms with Gasteiger partial charge in [-0.1, -0.05) is 32.4 Å². The summed E-state index contributed by atoms with van der Waals surface area (Å²) in [5, 5.41) is 11.2. The summed E-state index contributed by atoms with van der Waals surface area (Å²) in [5.74, 6) is -2.72. The Morgan fingerprint density at radius 2 is 1.86 bits per heavy atom. The Kier molecular flexibility index (Phi) is 5.34. The van der Waals surface area contributed by atoms with Crippen molar-refractivity contribution in [3.8, 4) is 0 Å². The van der Waals surface area contributed by atoms with Gasteiger partial charge in [0.1, 0.15) is 6.04 Å². The molecule has 0 aliphatic carbocycles. The van der Waals surface area contributed by atoms with Gasteiger partial charge in [-0.3, -0.25) is 4.79 Å². The van der Waals surface area contributed by atoms with Gasteiger partial charge in [0.2, 0.25) is 0 Å². The Labute approximate surface area is 120 Å². The van der Waals surface area contributed by atoms with Crippen molar-refractivity contribution in [2.75, 3.05) is 0 Å². The third kappa shape index (κ3) is 4.21. The lowest BCUT2D eigenvalue weighted by Gasteiger charge is -2.21. The Hall–Kier alpha value is -2.05. The van der Waals surface area contributed by atoms with E-state index in [1.807, 2.05) is 0 Å². The van der Waals surface area contributed by atoms with Crippen LogP contribution in [-0.2, 0) is 11.0 Å². The zero-order valence-corrected chi connectivity index (χ0v) is 11.6. The number of alkyl halides is 3. The molecule has 0 aliphatic heterocycles. The molecule has 2 unspecified atom stereocenters. The van der Waals surface area contributed by atoms with Gasteiger partial charge in [-0.2, -0.15) is 13.2 Å². The van der Waals surface area contributed by atoms with Gasteiger partial charge in [-0.05, 0) is 18.1 Å². The van der Waals surface area contributed by atoms with E-state index in [9.17, 15) is 22.8 Å². The maximum Gasteiger partial charge on any atom is 0.417 e. The summed E-state index contributed by atoms with van der Waals surface area (Å²) in [7, 11) is 0. The van der Waals surface area contributed by atoms with Crippen molar-refractivity contribution in [1.82, 2.24) is 5.32 Å². The number of carboxylic acid groups (broad SMARTS) is 1. The highest BCUT2D eigenvalue weighted by Crippen LogP contribution is 2.31. The highest BCUT2D eigenvalue weighted by atomic mass is 19.4. The fourth-order valence-corrected chi connectivity index (χ4v) is 1.83. The van der Waals surface area contributed by atoms with E-state index in [1.54, 1.807) is 13.8 Å². The van der Waals surface area contributed by atoms with Crippen LogP contribution >= 0.6 is 0 Å². The van der Waals surface area contributed by atoms with Crippen LogP contribution in [0.3, 0.4) is 0 Å². The standard InChI is InChI=1S/C14H16F3NO3/c1-3-8(2)11(13(20)21)18-12(19)9-6-4-5-7-10(9)14(15,16)17/h4-8,11H,3H2,1-2H3,(H,18,19)(H,20,21). The molecular formula is C14H16F3NO3. The first-order valence-electron chi connectivity index (χ1n) is 6.38. The molecule has 0 radical (unpaired) electrons. The van der Waals surface area contributed by atoms with Gasteiger partial charge in [0.15, 0.2) is 0 Å². The molecule has 2 N–H and O–H groups in total. The molecule has 1 aromatic rings. The van der Waals surface area contributed by atoms with Gasteiger partial charge in [0, 0.05) is 0 Å². The fraction of sp³-hybridized carbons (Fsp3) is 0.429. The van der Waals surface area contributed by atoms with E-state index in [2.05, 4.69) is 5.32 Å². The molecule has 0 fully saturated rings. The van der Waals surface area contributed by atoms with Gasteiger partial charge in [-0.15, -0.1) is 0 Å². The molecule has 0 saturated carbocycles. The molecule has 4 nitrogen and oxygen atoms in total. The molecule has 0 bridgehead atoms. The average Bonchev–Trinajstić information content (AvgIpc) is 2.42. The molecule has 0 aliphatic rings. The van der Waals surface area contributed by atoms with Crippen molar-refractivity contribution >= 4 is 11.9 Å². The molecule has 21 heavy (non-hydrogen) atoms. The number of halogens is 3. The summed E-state index contributed by atoms with van der Waals surface area (Å²) in [4.78, 5) is 23.1. The summed E-state index contributed by atoms with van der Waals surface area (Å²) in [6.45, 7) is 3.34. The first-order chi connectivity index (χ1) is 9.68. The summed E-state index contributed by atoms with van der Waals surface area (Å²) in [6, 6.07) is 3.04. The topological polar surface area (TPSA) is 66.4 Å². The third-order valence-electron chi connectivity index (χ3n) is 3.24. The fourth-order valence-electron chi connectivity index (χ4n) is 1.83. The van der Waals surface area contributed by atoms with Crippen molar-refractivity contribution in [2.24, 2.45) is 5.92 Å². The third-order valence-corrected chi connectivity index (χ3v) is 3.24. The molecule has 7 heteroatoms. The monoisotopic (exact) mass is 303 g/mol. The van der Waals surface area contributed by atoms with Gasteiger partial charge in [-0.25, -0.2) is 4.79 Å².